The smallest absolute Gasteiger partial charge is 0.194 e. The van der Waals surface area contributed by atoms with E-state index in [1.807, 2.05) is 0 Å². The zero-order valence-corrected chi connectivity index (χ0v) is 14.5. The normalized spacial score (nSPS) is 15.1. The first kappa shape index (κ1) is 26.3. The van der Waals surface area contributed by atoms with Crippen LogP contribution in [-0.2, 0) is 18.3 Å². The second-order valence-corrected chi connectivity index (χ2v) is 6.43. The van der Waals surface area contributed by atoms with Crippen LogP contribution in [0.4, 0.5) is 61.5 Å². The van der Waals surface area contributed by atoms with Gasteiger partial charge in [0, 0.05) is 11.1 Å². The Labute approximate surface area is 159 Å². The molecule has 0 aromatic heterocycles. The summed E-state index contributed by atoms with van der Waals surface area (Å²) in [7, 11) is 0. The van der Waals surface area contributed by atoms with Crippen LogP contribution in [0.5, 0.6) is 0 Å². The third kappa shape index (κ3) is 4.05. The van der Waals surface area contributed by atoms with Crippen LogP contribution >= 0.6 is 0 Å². The van der Waals surface area contributed by atoms with Crippen LogP contribution in [-0.4, -0.2) is 24.2 Å². The Morgan fingerprint density at radius 1 is 0.667 bits per heavy atom. The molecule has 0 nitrogen and oxygen atoms in total. The fourth-order valence-corrected chi connectivity index (χ4v) is 2.44. The number of hydrogen-bond donors (Lipinski definition) is 0. The molecule has 1 aromatic carbocycles. The molecular formula is C16H11F14. The highest BCUT2D eigenvalue weighted by atomic mass is 19.4. The average molecular weight is 469 g/mol. The molecule has 0 spiro atoms. The molecule has 30 heavy (non-hydrogen) atoms. The second-order valence-electron chi connectivity index (χ2n) is 6.43. The lowest BCUT2D eigenvalue weighted by Gasteiger charge is -2.34. The van der Waals surface area contributed by atoms with Crippen LogP contribution in [0.1, 0.15) is 23.6 Å². The first-order valence-electron chi connectivity index (χ1n) is 7.64. The van der Waals surface area contributed by atoms with Crippen molar-refractivity contribution >= 4 is 0 Å². The zero-order valence-electron chi connectivity index (χ0n) is 14.5. The Morgan fingerprint density at radius 2 is 0.967 bits per heavy atom. The summed E-state index contributed by atoms with van der Waals surface area (Å²) in [5.41, 5.74) is -6.88. The van der Waals surface area contributed by atoms with E-state index < -0.39 is 65.1 Å². The van der Waals surface area contributed by atoms with E-state index in [1.165, 1.54) is 0 Å². The Morgan fingerprint density at radius 3 is 1.20 bits per heavy atom. The maximum absolute atomic E-state index is 14.1. The molecule has 1 radical (unpaired) electrons. The van der Waals surface area contributed by atoms with Crippen molar-refractivity contribution in [1.29, 1.82) is 0 Å². The van der Waals surface area contributed by atoms with Crippen molar-refractivity contribution in [2.75, 3.05) is 0 Å². The second kappa shape index (κ2) is 7.43. The third-order valence-electron chi connectivity index (χ3n) is 3.91. The molecule has 0 N–H and O–H groups in total. The van der Waals surface area contributed by atoms with Gasteiger partial charge in [0.05, 0.1) is 0 Å². The van der Waals surface area contributed by atoms with Gasteiger partial charge >= 0.3 is 36.0 Å². The summed E-state index contributed by atoms with van der Waals surface area (Å²) in [5.74, 6) is -27.6. The number of benzene rings is 1. The molecule has 0 bridgehead atoms. The largest absolute Gasteiger partial charge is 0.460 e. The molecule has 0 saturated heterocycles. The highest BCUT2D eigenvalue weighted by Crippen LogP contribution is 2.56. The molecule has 0 aliphatic rings. The lowest BCUT2D eigenvalue weighted by molar-refractivity contribution is -0.361. The van der Waals surface area contributed by atoms with E-state index in [-0.39, 0.29) is 18.2 Å². The molecule has 1 unspecified atom stereocenters. The third-order valence-corrected chi connectivity index (χ3v) is 3.91. The molecule has 0 amide bonds. The molecular weight excluding hydrogens is 458 g/mol. The topological polar surface area (TPSA) is 0 Å². The van der Waals surface area contributed by atoms with E-state index in [1.54, 1.807) is 0 Å². The van der Waals surface area contributed by atoms with Crippen molar-refractivity contribution in [1.82, 2.24) is 0 Å². The van der Waals surface area contributed by atoms with Gasteiger partial charge in [0.25, 0.3) is 0 Å². The molecule has 0 aliphatic heterocycles. The zero-order chi connectivity index (χ0) is 24.1. The summed E-state index contributed by atoms with van der Waals surface area (Å²) < 4.78 is 184. The van der Waals surface area contributed by atoms with Crippen molar-refractivity contribution < 1.29 is 61.5 Å². The van der Waals surface area contributed by atoms with Gasteiger partial charge in [0.1, 0.15) is 0 Å². The highest BCUT2D eigenvalue weighted by Gasteiger charge is 2.76. The quantitative estimate of drug-likeness (QED) is 0.385. The van der Waals surface area contributed by atoms with Crippen LogP contribution in [0.3, 0.4) is 0 Å². The summed E-state index contributed by atoms with van der Waals surface area (Å²) in [6.45, 7) is 4.04. The fourth-order valence-electron chi connectivity index (χ4n) is 2.44. The van der Waals surface area contributed by atoms with Gasteiger partial charge in [-0.2, -0.15) is 61.5 Å². The van der Waals surface area contributed by atoms with E-state index in [2.05, 4.69) is 6.92 Å². The predicted octanol–water partition coefficient (Wildman–Crippen LogP) is 7.28. The van der Waals surface area contributed by atoms with Gasteiger partial charge in [-0.15, -0.1) is 0 Å². The molecule has 173 valence electrons. The van der Waals surface area contributed by atoms with Crippen LogP contribution in [0.15, 0.2) is 18.2 Å². The van der Waals surface area contributed by atoms with Gasteiger partial charge in [-0.3, -0.25) is 0 Å². The first-order valence-corrected chi connectivity index (χ1v) is 7.64. The molecule has 1 rings (SSSR count). The van der Waals surface area contributed by atoms with Gasteiger partial charge in [0.15, 0.2) is 0 Å². The molecule has 1 aromatic rings. The highest BCUT2D eigenvalue weighted by molar-refractivity contribution is 5.43. The van der Waals surface area contributed by atoms with E-state index in [0.717, 1.165) is 6.92 Å². The van der Waals surface area contributed by atoms with Crippen LogP contribution < -0.4 is 0 Å². The lowest BCUT2D eigenvalue weighted by atomic mass is 9.85. The number of rotatable bonds is 6. The average Bonchev–Trinajstić information content (AvgIpc) is 2.51. The summed E-state index contributed by atoms with van der Waals surface area (Å²) in [6.07, 6.45) is -15.1. The maximum Gasteiger partial charge on any atom is 0.460 e. The maximum atomic E-state index is 14.1. The first-order chi connectivity index (χ1) is 13.0. The van der Waals surface area contributed by atoms with E-state index >= 15 is 0 Å². The van der Waals surface area contributed by atoms with Crippen LogP contribution in [0, 0.1) is 12.8 Å². The predicted molar refractivity (Wildman–Crippen MR) is 74.5 cm³/mol. The van der Waals surface area contributed by atoms with Crippen molar-refractivity contribution in [3.05, 3.63) is 41.8 Å². The molecule has 1 atom stereocenters. The summed E-state index contributed by atoms with van der Waals surface area (Å²) in [6, 6.07) is -0.437. The minimum atomic E-state index is -6.90. The van der Waals surface area contributed by atoms with Gasteiger partial charge < -0.3 is 0 Å². The van der Waals surface area contributed by atoms with E-state index in [9.17, 15) is 61.5 Å². The van der Waals surface area contributed by atoms with Crippen LogP contribution in [0.2, 0.25) is 0 Å². The van der Waals surface area contributed by atoms with Gasteiger partial charge in [-0.05, 0) is 17.9 Å². The molecule has 0 saturated carbocycles. The summed E-state index contributed by atoms with van der Waals surface area (Å²) >= 11 is 0. The standard InChI is InChI=1S/C16H11F14/c1-7(2)6-8-9(11(17,18)13(21,22)15(25,26)27)4-3-5-10(8)12(19,20)14(23,24)16(28,29)30/h3-5,7H,1,6H2,2H3. The van der Waals surface area contributed by atoms with Crippen molar-refractivity contribution in [2.24, 2.45) is 5.92 Å². The summed E-state index contributed by atoms with van der Waals surface area (Å²) in [4.78, 5) is 0. The number of halogens is 14. The van der Waals surface area contributed by atoms with Crippen LogP contribution in [0.25, 0.3) is 0 Å². The Balaban J connectivity index is 3.93. The van der Waals surface area contributed by atoms with Gasteiger partial charge in [-0.25, -0.2) is 0 Å². The number of alkyl halides is 14. The SMILES string of the molecule is [CH2]C(C)Cc1c(C(F)(F)C(F)(F)C(F)(F)F)cccc1C(F)(F)C(F)(F)C(F)(F)F. The van der Waals surface area contributed by atoms with Gasteiger partial charge in [-0.1, -0.05) is 32.0 Å². The van der Waals surface area contributed by atoms with E-state index in [4.69, 9.17) is 0 Å². The lowest BCUT2D eigenvalue weighted by Crippen LogP contribution is -2.52. The summed E-state index contributed by atoms with van der Waals surface area (Å²) in [5, 5.41) is 0. The van der Waals surface area contributed by atoms with Crippen molar-refractivity contribution in [3.63, 3.8) is 0 Å². The molecule has 14 heteroatoms. The minimum absolute atomic E-state index is 0.0529. The Bertz CT molecular complexity index is 698. The minimum Gasteiger partial charge on any atom is -0.194 e. The molecule has 0 aliphatic carbocycles. The number of hydrogen-bond acceptors (Lipinski definition) is 0. The van der Waals surface area contributed by atoms with Gasteiger partial charge in [0.2, 0.25) is 0 Å². The van der Waals surface area contributed by atoms with Crippen molar-refractivity contribution in [2.45, 2.75) is 49.4 Å². The van der Waals surface area contributed by atoms with Crippen molar-refractivity contribution in [3.8, 4) is 0 Å². The fraction of sp³-hybridized carbons (Fsp3) is 0.562. The Kier molecular flexibility index (Phi) is 6.51. The molecule has 0 heterocycles. The Hall–Kier alpha value is -1.76. The monoisotopic (exact) mass is 469 g/mol. The van der Waals surface area contributed by atoms with E-state index in [0.29, 0.717) is 0 Å². The molecule has 0 fully saturated rings.